The van der Waals surface area contributed by atoms with Gasteiger partial charge in [0.1, 0.15) is 0 Å². The van der Waals surface area contributed by atoms with Gasteiger partial charge < -0.3 is 7.13 Å². The van der Waals surface area contributed by atoms with E-state index in [-0.39, 0.29) is 129 Å². The molecule has 0 aliphatic carbocycles. The third-order valence-electron chi connectivity index (χ3n) is 0. The molecule has 0 amide bonds. The fraction of sp³-hybridized carbons (Fsp3) is 0. The summed E-state index contributed by atoms with van der Waals surface area (Å²) in [5.41, 5.74) is 0. The third kappa shape index (κ3) is 9.43. The number of hydrogen-bond acceptors (Lipinski definition) is 0. The molecular weight excluding hydrogens is 134 g/mol. The summed E-state index contributed by atoms with van der Waals surface area (Å²) in [5, 5.41) is 0. The second-order valence-electron chi connectivity index (χ2n) is 0. The molecule has 0 rings (SSSR count). The molecule has 0 radical (unpaired) electrons. The molecule has 4 heavy (non-hydrogen) atoms. The maximum Gasteiger partial charge on any atom is 2.00 e. The van der Waals surface area contributed by atoms with Gasteiger partial charge in [-0.2, -0.15) is 9.90 Å². The van der Waals surface area contributed by atoms with E-state index >= 15 is 0 Å². The van der Waals surface area contributed by atoms with Crippen LogP contribution in [0, 0.1) is 0 Å². The molecule has 18 valence electrons. The summed E-state index contributed by atoms with van der Waals surface area (Å²) >= 11 is 0. The molecule has 0 aromatic rings. The molecule has 0 saturated carbocycles. The van der Waals surface area contributed by atoms with Crippen LogP contribution in [-0.2, 0) is 0 Å². The van der Waals surface area contributed by atoms with Crippen molar-refractivity contribution >= 4 is 70.7 Å². The molecule has 0 nitrogen and oxygen atoms in total. The van der Waals surface area contributed by atoms with Crippen LogP contribution in [0.2, 0.25) is 0 Å². The van der Waals surface area contributed by atoms with E-state index in [1.807, 2.05) is 0 Å². The van der Waals surface area contributed by atoms with Gasteiger partial charge in [0, 0.05) is 0 Å². The van der Waals surface area contributed by atoms with Gasteiger partial charge in [0.15, 0.2) is 0 Å². The molecule has 0 saturated heterocycles. The molecule has 1 unspecified atom stereocenters. The van der Waals surface area contributed by atoms with Gasteiger partial charge in [0.2, 0.25) is 0 Å². The van der Waals surface area contributed by atoms with E-state index in [9.17, 15) is 0 Å². The van der Waals surface area contributed by atoms with Crippen molar-refractivity contribution in [2.75, 3.05) is 0 Å². The molecule has 0 aliphatic rings. The summed E-state index contributed by atoms with van der Waals surface area (Å²) in [6.45, 7) is 0. The summed E-state index contributed by atoms with van der Waals surface area (Å²) in [7, 11) is 0. The zero-order chi connectivity index (χ0) is 0. The van der Waals surface area contributed by atoms with Crippen LogP contribution in [0.25, 0.3) is 0 Å². The average molecular weight is 143 g/mol. The van der Waals surface area contributed by atoms with Gasteiger partial charge in [-0.1, -0.05) is 0 Å². The monoisotopic (exact) mass is 142 g/mol. The summed E-state index contributed by atoms with van der Waals surface area (Å²) in [6.07, 6.45) is 0. The zero-order valence-corrected chi connectivity index (χ0v) is 11.3. The first-order valence-electron chi connectivity index (χ1n) is 0. The summed E-state index contributed by atoms with van der Waals surface area (Å²) < 4.78 is 0. The Bertz CT molecular complexity index is 16.9. The first kappa shape index (κ1) is 24.3. The van der Waals surface area contributed by atoms with Crippen LogP contribution in [0.15, 0.2) is 0 Å². The quantitative estimate of drug-likeness (QED) is 0.248. The third-order valence-corrected chi connectivity index (χ3v) is 0. The second-order valence-corrected chi connectivity index (χ2v) is 0. The molecule has 4 heteroatoms. The van der Waals surface area contributed by atoms with Crippen LogP contribution < -0.4 is 51.4 Å². The normalized spacial score (nSPS) is 0. The Hall–Kier alpha value is 4.09. The minimum absolute atomic E-state index is 0. The molecule has 0 heterocycles. The van der Waals surface area contributed by atoms with E-state index < -0.39 is 0 Å². The van der Waals surface area contributed by atoms with Gasteiger partial charge in [-0.05, 0) is 0 Å². The van der Waals surface area contributed by atoms with Crippen LogP contribution in [0.4, 0.5) is 0 Å². The number of hydrogen-bond donors (Lipinski definition) is 0. The van der Waals surface area contributed by atoms with Crippen LogP contribution in [0.3, 0.4) is 0 Å². The zero-order valence-electron chi connectivity index (χ0n) is 8.12. The van der Waals surface area contributed by atoms with Gasteiger partial charge in [-0.3, -0.25) is 0 Å². The minimum atomic E-state index is 0. The molecule has 0 bridgehead atoms. The van der Waals surface area contributed by atoms with Crippen LogP contribution >= 0.6 is 9.90 Å². The molecule has 0 aliphatic heterocycles. The van der Waals surface area contributed by atoms with Gasteiger partial charge in [0.25, 0.3) is 0 Å². The standard InChI is InChI=1S/Ca.K.Mg.H3P.5H/h;;;1H3;;;;;/q+2;+1;+2;;5*-1. The van der Waals surface area contributed by atoms with Gasteiger partial charge in [-0.15, -0.1) is 0 Å². The summed E-state index contributed by atoms with van der Waals surface area (Å²) in [5.74, 6) is 0. The Morgan fingerprint density at radius 1 is 1.25 bits per heavy atom. The van der Waals surface area contributed by atoms with Crippen LogP contribution in [-0.4, -0.2) is 60.8 Å². The molecular formula is H8CaKMgP. The Balaban J connectivity index is 0. The van der Waals surface area contributed by atoms with Gasteiger partial charge in [-0.25, -0.2) is 0 Å². The number of rotatable bonds is 0. The van der Waals surface area contributed by atoms with Crippen molar-refractivity contribution in [3.8, 4) is 0 Å². The van der Waals surface area contributed by atoms with Gasteiger partial charge in [0.05, 0.1) is 0 Å². The Morgan fingerprint density at radius 3 is 1.25 bits per heavy atom. The summed E-state index contributed by atoms with van der Waals surface area (Å²) in [6, 6.07) is 0. The van der Waals surface area contributed by atoms with E-state index in [1.165, 1.54) is 0 Å². The van der Waals surface area contributed by atoms with Crippen molar-refractivity contribution in [3.63, 3.8) is 0 Å². The minimum Gasteiger partial charge on any atom is -1.00 e. The predicted molar refractivity (Wildman–Crippen MR) is 28.2 cm³/mol. The average Bonchev–Trinajstić information content (AvgIpc) is 0. The molecule has 1 atom stereocenters. The SMILES string of the molecule is P.[Ca+2].[H-].[H-].[H-].[H-].[H-].[K+].[Mg+2]. The molecule has 0 fully saturated rings. The fourth-order valence-electron chi connectivity index (χ4n) is 0. The van der Waals surface area contributed by atoms with Crippen molar-refractivity contribution in [3.05, 3.63) is 0 Å². The van der Waals surface area contributed by atoms with Crippen molar-refractivity contribution in [1.82, 2.24) is 0 Å². The Labute approximate surface area is 126 Å². The predicted octanol–water partition coefficient (Wildman–Crippen LogP) is -3.14. The van der Waals surface area contributed by atoms with Crippen molar-refractivity contribution in [2.24, 2.45) is 0 Å². The van der Waals surface area contributed by atoms with E-state index in [4.69, 9.17) is 0 Å². The first-order chi connectivity index (χ1) is 0. The van der Waals surface area contributed by atoms with Gasteiger partial charge >= 0.3 is 112 Å². The topological polar surface area (TPSA) is 0 Å². The Morgan fingerprint density at radius 2 is 1.25 bits per heavy atom. The van der Waals surface area contributed by atoms with Crippen molar-refractivity contribution in [1.29, 1.82) is 0 Å². The maximum absolute atomic E-state index is 0. The van der Waals surface area contributed by atoms with Crippen LogP contribution in [0.1, 0.15) is 7.13 Å². The second kappa shape index (κ2) is 15.7. The Kier molecular flexibility index (Phi) is 95.5. The fourth-order valence-corrected chi connectivity index (χ4v) is 0. The molecule has 0 N–H and O–H groups in total. The molecule has 0 spiro atoms. The van der Waals surface area contributed by atoms with E-state index in [1.54, 1.807) is 0 Å². The summed E-state index contributed by atoms with van der Waals surface area (Å²) in [4.78, 5) is 0. The molecule has 0 aromatic carbocycles. The maximum atomic E-state index is 0. The van der Waals surface area contributed by atoms with E-state index in [0.29, 0.717) is 0 Å². The van der Waals surface area contributed by atoms with Crippen molar-refractivity contribution < 1.29 is 58.5 Å². The van der Waals surface area contributed by atoms with Crippen LogP contribution in [0.5, 0.6) is 0 Å². The van der Waals surface area contributed by atoms with Crippen molar-refractivity contribution in [2.45, 2.75) is 0 Å². The van der Waals surface area contributed by atoms with E-state index in [0.717, 1.165) is 0 Å². The largest absolute Gasteiger partial charge is 2.00 e. The molecule has 0 aromatic heterocycles. The smallest absolute Gasteiger partial charge is 1.00 e. The van der Waals surface area contributed by atoms with E-state index in [2.05, 4.69) is 0 Å². The first-order valence-corrected chi connectivity index (χ1v) is 0.